The summed E-state index contributed by atoms with van der Waals surface area (Å²) in [7, 11) is 0. The highest BCUT2D eigenvalue weighted by Gasteiger charge is 2.10. The van der Waals surface area contributed by atoms with Crippen molar-refractivity contribution in [2.75, 3.05) is 6.54 Å². The molecular formula is C10H17NOS. The van der Waals surface area contributed by atoms with E-state index in [-0.39, 0.29) is 0 Å². The summed E-state index contributed by atoms with van der Waals surface area (Å²) in [5.74, 6) is 0. The van der Waals surface area contributed by atoms with Crippen molar-refractivity contribution in [3.63, 3.8) is 0 Å². The van der Waals surface area contributed by atoms with Crippen molar-refractivity contribution in [3.8, 4) is 0 Å². The van der Waals surface area contributed by atoms with Crippen molar-refractivity contribution in [1.29, 1.82) is 0 Å². The predicted molar refractivity (Wildman–Crippen MR) is 56.9 cm³/mol. The Morgan fingerprint density at radius 3 is 2.85 bits per heavy atom. The second kappa shape index (κ2) is 4.74. The van der Waals surface area contributed by atoms with E-state index < -0.39 is 5.60 Å². The number of thiophene rings is 1. The van der Waals surface area contributed by atoms with Crippen molar-refractivity contribution in [2.45, 2.75) is 32.4 Å². The summed E-state index contributed by atoms with van der Waals surface area (Å²) in [6, 6.07) is 2.11. The molecule has 0 aliphatic carbocycles. The van der Waals surface area contributed by atoms with Crippen LogP contribution in [0.4, 0.5) is 0 Å². The Morgan fingerprint density at radius 1 is 1.54 bits per heavy atom. The molecule has 0 aliphatic heterocycles. The molecule has 1 aromatic heterocycles. The lowest BCUT2D eigenvalue weighted by Gasteiger charge is -2.16. The lowest BCUT2D eigenvalue weighted by atomic mass is 10.1. The second-order valence-corrected chi connectivity index (χ2v) is 4.65. The van der Waals surface area contributed by atoms with Gasteiger partial charge in [0.25, 0.3) is 0 Å². The molecule has 0 amide bonds. The SMILES string of the molecule is CC(C)(O)CCNCc1ccsc1. The Morgan fingerprint density at radius 2 is 2.31 bits per heavy atom. The molecular weight excluding hydrogens is 182 g/mol. The van der Waals surface area contributed by atoms with Crippen LogP contribution in [0.2, 0.25) is 0 Å². The molecule has 0 bridgehead atoms. The van der Waals surface area contributed by atoms with Gasteiger partial charge in [-0.25, -0.2) is 0 Å². The van der Waals surface area contributed by atoms with Crippen LogP contribution < -0.4 is 5.32 Å². The summed E-state index contributed by atoms with van der Waals surface area (Å²) in [6.07, 6.45) is 0.789. The van der Waals surface area contributed by atoms with E-state index in [9.17, 15) is 5.11 Å². The third kappa shape index (κ3) is 5.03. The van der Waals surface area contributed by atoms with Crippen molar-refractivity contribution >= 4 is 11.3 Å². The zero-order valence-electron chi connectivity index (χ0n) is 8.21. The Bertz CT molecular complexity index is 226. The van der Waals surface area contributed by atoms with Gasteiger partial charge in [0.2, 0.25) is 0 Å². The van der Waals surface area contributed by atoms with Gasteiger partial charge in [-0.1, -0.05) is 0 Å². The van der Waals surface area contributed by atoms with Crippen LogP contribution in [0.3, 0.4) is 0 Å². The molecule has 2 N–H and O–H groups in total. The molecule has 13 heavy (non-hydrogen) atoms. The van der Waals surface area contributed by atoms with Gasteiger partial charge in [0.1, 0.15) is 0 Å². The quantitative estimate of drug-likeness (QED) is 0.711. The third-order valence-electron chi connectivity index (χ3n) is 1.82. The molecule has 1 aromatic rings. The molecule has 0 saturated heterocycles. The van der Waals surface area contributed by atoms with Crippen molar-refractivity contribution in [1.82, 2.24) is 5.32 Å². The average Bonchev–Trinajstić information content (AvgIpc) is 2.48. The van der Waals surface area contributed by atoms with Crippen LogP contribution in [-0.4, -0.2) is 17.3 Å². The van der Waals surface area contributed by atoms with Crippen LogP contribution in [-0.2, 0) is 6.54 Å². The van der Waals surface area contributed by atoms with Crippen LogP contribution in [0.25, 0.3) is 0 Å². The first-order valence-corrected chi connectivity index (χ1v) is 5.46. The fourth-order valence-corrected chi connectivity index (χ4v) is 1.69. The van der Waals surface area contributed by atoms with Gasteiger partial charge in [-0.3, -0.25) is 0 Å². The van der Waals surface area contributed by atoms with Crippen LogP contribution >= 0.6 is 11.3 Å². The standard InChI is InChI=1S/C10H17NOS/c1-10(2,12)4-5-11-7-9-3-6-13-8-9/h3,6,8,11-12H,4-5,7H2,1-2H3. The summed E-state index contributed by atoms with van der Waals surface area (Å²) in [4.78, 5) is 0. The lowest BCUT2D eigenvalue weighted by molar-refractivity contribution is 0.0711. The monoisotopic (exact) mass is 199 g/mol. The normalized spacial score (nSPS) is 11.9. The highest BCUT2D eigenvalue weighted by molar-refractivity contribution is 7.07. The van der Waals surface area contributed by atoms with Gasteiger partial charge in [-0.05, 0) is 49.2 Å². The van der Waals surface area contributed by atoms with E-state index in [1.807, 2.05) is 13.8 Å². The van der Waals surface area contributed by atoms with Gasteiger partial charge in [-0.2, -0.15) is 11.3 Å². The zero-order chi connectivity index (χ0) is 9.73. The fourth-order valence-electron chi connectivity index (χ4n) is 1.02. The molecule has 2 nitrogen and oxygen atoms in total. The molecule has 74 valence electrons. The molecule has 1 rings (SSSR count). The van der Waals surface area contributed by atoms with Gasteiger partial charge in [-0.15, -0.1) is 0 Å². The van der Waals surface area contributed by atoms with E-state index >= 15 is 0 Å². The summed E-state index contributed by atoms with van der Waals surface area (Å²) >= 11 is 1.71. The Labute approximate surface area is 83.6 Å². The molecule has 0 unspecified atom stereocenters. The van der Waals surface area contributed by atoms with Crippen LogP contribution in [0.5, 0.6) is 0 Å². The first-order chi connectivity index (χ1) is 6.08. The number of hydrogen-bond donors (Lipinski definition) is 2. The van der Waals surface area contributed by atoms with Crippen molar-refractivity contribution in [3.05, 3.63) is 22.4 Å². The third-order valence-corrected chi connectivity index (χ3v) is 2.55. The first kappa shape index (κ1) is 10.7. The summed E-state index contributed by atoms with van der Waals surface area (Å²) in [6.45, 7) is 5.43. The number of hydrogen-bond acceptors (Lipinski definition) is 3. The zero-order valence-corrected chi connectivity index (χ0v) is 9.03. The maximum atomic E-state index is 9.44. The van der Waals surface area contributed by atoms with E-state index in [0.717, 1.165) is 19.5 Å². The molecule has 0 atom stereocenters. The topological polar surface area (TPSA) is 32.3 Å². The van der Waals surface area contributed by atoms with E-state index in [1.54, 1.807) is 11.3 Å². The van der Waals surface area contributed by atoms with Crippen molar-refractivity contribution < 1.29 is 5.11 Å². The van der Waals surface area contributed by atoms with E-state index in [4.69, 9.17) is 0 Å². The molecule has 0 spiro atoms. The van der Waals surface area contributed by atoms with Gasteiger partial charge < -0.3 is 10.4 Å². The van der Waals surface area contributed by atoms with Crippen LogP contribution in [0.15, 0.2) is 16.8 Å². The maximum Gasteiger partial charge on any atom is 0.0603 e. The smallest absolute Gasteiger partial charge is 0.0603 e. The summed E-state index contributed by atoms with van der Waals surface area (Å²) in [5.41, 5.74) is 0.766. The van der Waals surface area contributed by atoms with Gasteiger partial charge in [0.15, 0.2) is 0 Å². The Hall–Kier alpha value is -0.380. The lowest BCUT2D eigenvalue weighted by Crippen LogP contribution is -2.26. The average molecular weight is 199 g/mol. The minimum atomic E-state index is -0.554. The van der Waals surface area contributed by atoms with Crippen LogP contribution in [0, 0.1) is 0 Å². The molecule has 0 fully saturated rings. The number of rotatable bonds is 5. The molecule has 0 saturated carbocycles. The second-order valence-electron chi connectivity index (χ2n) is 3.87. The van der Waals surface area contributed by atoms with Gasteiger partial charge in [0, 0.05) is 6.54 Å². The minimum absolute atomic E-state index is 0.554. The molecule has 1 heterocycles. The predicted octanol–water partition coefficient (Wildman–Crippen LogP) is 2.00. The Balaban J connectivity index is 2.09. The maximum absolute atomic E-state index is 9.44. The van der Waals surface area contributed by atoms with E-state index in [2.05, 4.69) is 22.1 Å². The van der Waals surface area contributed by atoms with E-state index in [1.165, 1.54) is 5.56 Å². The van der Waals surface area contributed by atoms with Crippen molar-refractivity contribution in [2.24, 2.45) is 0 Å². The van der Waals surface area contributed by atoms with Crippen LogP contribution in [0.1, 0.15) is 25.8 Å². The molecule has 0 aliphatic rings. The highest BCUT2D eigenvalue weighted by Crippen LogP contribution is 2.07. The first-order valence-electron chi connectivity index (χ1n) is 4.52. The van der Waals surface area contributed by atoms with E-state index in [0.29, 0.717) is 0 Å². The minimum Gasteiger partial charge on any atom is -0.390 e. The fraction of sp³-hybridized carbons (Fsp3) is 0.600. The highest BCUT2D eigenvalue weighted by atomic mass is 32.1. The largest absolute Gasteiger partial charge is 0.390 e. The molecule has 0 aromatic carbocycles. The molecule has 3 heteroatoms. The van der Waals surface area contributed by atoms with Gasteiger partial charge in [0.05, 0.1) is 5.60 Å². The summed E-state index contributed by atoms with van der Waals surface area (Å²) < 4.78 is 0. The number of nitrogens with one attached hydrogen (secondary N) is 1. The summed E-state index contributed by atoms with van der Waals surface area (Å²) in [5, 5.41) is 16.9. The Kier molecular flexibility index (Phi) is 3.90. The number of aliphatic hydroxyl groups is 1. The molecule has 0 radical (unpaired) electrons. The van der Waals surface area contributed by atoms with Gasteiger partial charge >= 0.3 is 0 Å².